The number of rotatable bonds is 5. The summed E-state index contributed by atoms with van der Waals surface area (Å²) in [6.07, 6.45) is 2.31. The number of amides is 1. The Balaban J connectivity index is 2.35. The van der Waals surface area contributed by atoms with Crippen LogP contribution in [0.1, 0.15) is 33.1 Å². The highest BCUT2D eigenvalue weighted by Crippen LogP contribution is 2.21. The number of primary amides is 1. The molecule has 2 N–H and O–H groups in total. The van der Waals surface area contributed by atoms with Crippen LogP contribution in [0, 0.1) is 5.92 Å². The minimum Gasteiger partial charge on any atom is -0.465 e. The SMILES string of the molecule is CCOC(=O)C(C)N1CCC(CC(N)=O)CC1. The lowest BCUT2D eigenvalue weighted by atomic mass is 9.92. The average Bonchev–Trinajstić information content (AvgIpc) is 2.28. The van der Waals surface area contributed by atoms with E-state index in [4.69, 9.17) is 10.5 Å². The Morgan fingerprint density at radius 1 is 1.41 bits per heavy atom. The van der Waals surface area contributed by atoms with Gasteiger partial charge in [-0.25, -0.2) is 0 Å². The largest absolute Gasteiger partial charge is 0.465 e. The van der Waals surface area contributed by atoms with Gasteiger partial charge in [-0.3, -0.25) is 14.5 Å². The summed E-state index contributed by atoms with van der Waals surface area (Å²) in [7, 11) is 0. The molecular formula is C12H22N2O3. The molecule has 1 unspecified atom stereocenters. The Hall–Kier alpha value is -1.10. The molecule has 98 valence electrons. The van der Waals surface area contributed by atoms with Crippen LogP contribution in [-0.2, 0) is 14.3 Å². The van der Waals surface area contributed by atoms with E-state index in [0.717, 1.165) is 25.9 Å². The van der Waals surface area contributed by atoms with Crippen LogP contribution >= 0.6 is 0 Å². The van der Waals surface area contributed by atoms with Gasteiger partial charge in [0, 0.05) is 6.42 Å². The topological polar surface area (TPSA) is 72.6 Å². The summed E-state index contributed by atoms with van der Waals surface area (Å²) >= 11 is 0. The quantitative estimate of drug-likeness (QED) is 0.714. The maximum atomic E-state index is 11.6. The van der Waals surface area contributed by atoms with Gasteiger partial charge in [-0.15, -0.1) is 0 Å². The fourth-order valence-electron chi connectivity index (χ4n) is 2.24. The van der Waals surface area contributed by atoms with E-state index in [0.29, 0.717) is 18.9 Å². The molecule has 1 atom stereocenters. The first kappa shape index (κ1) is 14.0. The second kappa shape index (κ2) is 6.59. The van der Waals surface area contributed by atoms with Crippen LogP contribution in [0.2, 0.25) is 0 Å². The van der Waals surface area contributed by atoms with Crippen molar-refractivity contribution in [1.82, 2.24) is 4.90 Å². The van der Waals surface area contributed by atoms with Gasteiger partial charge in [-0.2, -0.15) is 0 Å². The van der Waals surface area contributed by atoms with E-state index in [1.54, 1.807) is 0 Å². The van der Waals surface area contributed by atoms with E-state index in [-0.39, 0.29) is 17.9 Å². The summed E-state index contributed by atoms with van der Waals surface area (Å²) in [5.41, 5.74) is 5.18. The number of carbonyl (C=O) groups excluding carboxylic acids is 2. The molecule has 1 aliphatic rings. The van der Waals surface area contributed by atoms with Crippen molar-refractivity contribution < 1.29 is 14.3 Å². The lowest BCUT2D eigenvalue weighted by Crippen LogP contribution is -2.45. The van der Waals surface area contributed by atoms with Crippen molar-refractivity contribution in [3.05, 3.63) is 0 Å². The van der Waals surface area contributed by atoms with Crippen LogP contribution < -0.4 is 5.73 Å². The number of piperidine rings is 1. The Kier molecular flexibility index (Phi) is 5.41. The first-order chi connectivity index (χ1) is 8.04. The molecule has 17 heavy (non-hydrogen) atoms. The molecule has 1 rings (SSSR count). The second-order valence-electron chi connectivity index (χ2n) is 4.58. The number of ether oxygens (including phenoxy) is 1. The van der Waals surface area contributed by atoms with Crippen molar-refractivity contribution in [2.75, 3.05) is 19.7 Å². The Morgan fingerprint density at radius 2 is 2.00 bits per heavy atom. The van der Waals surface area contributed by atoms with Crippen LogP contribution in [0.25, 0.3) is 0 Å². The highest BCUT2D eigenvalue weighted by atomic mass is 16.5. The third-order valence-electron chi connectivity index (χ3n) is 3.31. The van der Waals surface area contributed by atoms with Crippen molar-refractivity contribution >= 4 is 11.9 Å². The average molecular weight is 242 g/mol. The molecule has 5 nitrogen and oxygen atoms in total. The minimum atomic E-state index is -0.234. The highest BCUT2D eigenvalue weighted by Gasteiger charge is 2.27. The first-order valence-corrected chi connectivity index (χ1v) is 6.23. The summed E-state index contributed by atoms with van der Waals surface area (Å²) in [5, 5.41) is 0. The molecule has 0 bridgehead atoms. The van der Waals surface area contributed by atoms with E-state index in [1.807, 2.05) is 13.8 Å². The van der Waals surface area contributed by atoms with Crippen LogP contribution in [-0.4, -0.2) is 42.5 Å². The van der Waals surface area contributed by atoms with Gasteiger partial charge >= 0.3 is 5.97 Å². The maximum Gasteiger partial charge on any atom is 0.323 e. The van der Waals surface area contributed by atoms with Gasteiger partial charge in [-0.1, -0.05) is 0 Å². The Labute approximate surface area is 102 Å². The number of carbonyl (C=O) groups is 2. The zero-order valence-corrected chi connectivity index (χ0v) is 10.6. The van der Waals surface area contributed by atoms with Gasteiger partial charge in [0.05, 0.1) is 6.61 Å². The van der Waals surface area contributed by atoms with Crippen LogP contribution in [0.15, 0.2) is 0 Å². The molecule has 0 radical (unpaired) electrons. The lowest BCUT2D eigenvalue weighted by molar-refractivity contribution is -0.149. The Morgan fingerprint density at radius 3 is 2.47 bits per heavy atom. The molecule has 5 heteroatoms. The summed E-state index contributed by atoms with van der Waals surface area (Å²) < 4.78 is 4.99. The third-order valence-corrected chi connectivity index (χ3v) is 3.31. The molecule has 0 aromatic carbocycles. The van der Waals surface area contributed by atoms with E-state index in [2.05, 4.69) is 4.90 Å². The smallest absolute Gasteiger partial charge is 0.323 e. The van der Waals surface area contributed by atoms with Crippen molar-refractivity contribution in [3.8, 4) is 0 Å². The van der Waals surface area contributed by atoms with Crippen LogP contribution in [0.5, 0.6) is 0 Å². The summed E-state index contributed by atoms with van der Waals surface area (Å²) in [6, 6.07) is -0.190. The van der Waals surface area contributed by atoms with Crippen LogP contribution in [0.4, 0.5) is 0 Å². The summed E-state index contributed by atoms with van der Waals surface area (Å²) in [6.45, 7) is 5.76. The van der Waals surface area contributed by atoms with E-state index in [1.165, 1.54) is 0 Å². The molecule has 0 aromatic rings. The molecule has 1 saturated heterocycles. The van der Waals surface area contributed by atoms with Crippen molar-refractivity contribution in [3.63, 3.8) is 0 Å². The monoisotopic (exact) mass is 242 g/mol. The molecule has 1 aliphatic heterocycles. The van der Waals surface area contributed by atoms with E-state index < -0.39 is 0 Å². The molecule has 0 saturated carbocycles. The van der Waals surface area contributed by atoms with Gasteiger partial charge in [-0.05, 0) is 45.7 Å². The fraction of sp³-hybridized carbons (Fsp3) is 0.833. The number of hydrogen-bond donors (Lipinski definition) is 1. The normalized spacial score (nSPS) is 19.9. The molecule has 1 amide bonds. The van der Waals surface area contributed by atoms with Gasteiger partial charge in [0.25, 0.3) is 0 Å². The van der Waals surface area contributed by atoms with Gasteiger partial charge in [0.1, 0.15) is 6.04 Å². The Bertz CT molecular complexity index is 273. The highest BCUT2D eigenvalue weighted by molar-refractivity contribution is 5.75. The van der Waals surface area contributed by atoms with Gasteiger partial charge in [0.15, 0.2) is 0 Å². The molecule has 1 fully saturated rings. The standard InChI is InChI=1S/C12H22N2O3/c1-3-17-12(16)9(2)14-6-4-10(5-7-14)8-11(13)15/h9-10H,3-8H2,1-2H3,(H2,13,15). The lowest BCUT2D eigenvalue weighted by Gasteiger charge is -2.34. The second-order valence-corrected chi connectivity index (χ2v) is 4.58. The first-order valence-electron chi connectivity index (χ1n) is 6.23. The molecule has 0 aliphatic carbocycles. The maximum absolute atomic E-state index is 11.6. The molecule has 1 heterocycles. The number of nitrogens with zero attached hydrogens (tertiary/aromatic N) is 1. The number of likely N-dealkylation sites (tertiary alicyclic amines) is 1. The van der Waals surface area contributed by atoms with Crippen molar-refractivity contribution in [2.24, 2.45) is 11.7 Å². The van der Waals surface area contributed by atoms with Gasteiger partial charge < -0.3 is 10.5 Å². The molecule has 0 spiro atoms. The summed E-state index contributed by atoms with van der Waals surface area (Å²) in [4.78, 5) is 24.5. The number of esters is 1. The van der Waals surface area contributed by atoms with Gasteiger partial charge in [0.2, 0.25) is 5.91 Å². The molecule has 0 aromatic heterocycles. The molecular weight excluding hydrogens is 220 g/mol. The zero-order valence-electron chi connectivity index (χ0n) is 10.6. The van der Waals surface area contributed by atoms with Crippen molar-refractivity contribution in [1.29, 1.82) is 0 Å². The van der Waals surface area contributed by atoms with E-state index in [9.17, 15) is 9.59 Å². The predicted molar refractivity (Wildman–Crippen MR) is 64.2 cm³/mol. The van der Waals surface area contributed by atoms with Crippen molar-refractivity contribution in [2.45, 2.75) is 39.2 Å². The number of nitrogens with two attached hydrogens (primary N) is 1. The number of hydrogen-bond acceptors (Lipinski definition) is 4. The predicted octanol–water partition coefficient (Wildman–Crippen LogP) is 0.525. The summed E-state index contributed by atoms with van der Waals surface area (Å²) in [5.74, 6) is -0.0270. The zero-order chi connectivity index (χ0) is 12.8. The fourth-order valence-corrected chi connectivity index (χ4v) is 2.24. The third kappa shape index (κ3) is 4.34. The van der Waals surface area contributed by atoms with E-state index >= 15 is 0 Å². The van der Waals surface area contributed by atoms with Crippen LogP contribution in [0.3, 0.4) is 0 Å². The minimum absolute atomic E-state index is 0.166.